The van der Waals surface area contributed by atoms with E-state index in [1.165, 1.54) is 4.88 Å². The van der Waals surface area contributed by atoms with Crippen LogP contribution >= 0.6 is 11.3 Å². The molecule has 0 saturated carbocycles. The minimum absolute atomic E-state index is 0.0698. The molecule has 8 nitrogen and oxygen atoms in total. The molecule has 0 aromatic carbocycles. The van der Waals surface area contributed by atoms with Gasteiger partial charge in [-0.25, -0.2) is 4.99 Å². The van der Waals surface area contributed by atoms with Gasteiger partial charge in [0.1, 0.15) is 18.7 Å². The summed E-state index contributed by atoms with van der Waals surface area (Å²) in [6.45, 7) is 11.5. The maximum absolute atomic E-state index is 12.2. The molecule has 0 saturated heterocycles. The first-order valence-corrected chi connectivity index (χ1v) is 11.0. The van der Waals surface area contributed by atoms with Crippen molar-refractivity contribution < 1.29 is 4.79 Å². The first kappa shape index (κ1) is 22.9. The molecule has 0 fully saturated rings. The predicted octanol–water partition coefficient (Wildman–Crippen LogP) is 2.50. The Morgan fingerprint density at radius 3 is 2.76 bits per heavy atom. The van der Waals surface area contributed by atoms with Crippen molar-refractivity contribution in [3.05, 3.63) is 34.5 Å². The molecule has 0 aliphatic carbocycles. The van der Waals surface area contributed by atoms with Crippen LogP contribution in [0.1, 0.15) is 57.8 Å². The standard InChI is InChI=1S/C20H33N7OS/c1-6-15(16-9-8-12-29-16)24-19(22-13-18(28)25-20(3,4)5)21-10-11-27-14-23-26-17(27)7-2/h8-9,12,14-15H,6-7,10-11,13H2,1-5H3,(H,25,28)(H2,21,22,24). The topological polar surface area (TPSA) is 96.2 Å². The smallest absolute Gasteiger partial charge is 0.242 e. The summed E-state index contributed by atoms with van der Waals surface area (Å²) in [4.78, 5) is 18.0. The van der Waals surface area contributed by atoms with Crippen LogP contribution in [0, 0.1) is 0 Å². The summed E-state index contributed by atoms with van der Waals surface area (Å²) < 4.78 is 2.02. The van der Waals surface area contributed by atoms with Crippen molar-refractivity contribution >= 4 is 23.2 Å². The van der Waals surface area contributed by atoms with Crippen molar-refractivity contribution in [2.75, 3.05) is 13.1 Å². The van der Waals surface area contributed by atoms with Crippen molar-refractivity contribution in [2.24, 2.45) is 4.99 Å². The maximum Gasteiger partial charge on any atom is 0.242 e. The maximum atomic E-state index is 12.2. The Hall–Kier alpha value is -2.42. The quantitative estimate of drug-likeness (QED) is 0.429. The Kier molecular flexibility index (Phi) is 8.63. The molecule has 29 heavy (non-hydrogen) atoms. The van der Waals surface area contributed by atoms with Crippen LogP contribution in [0.15, 0.2) is 28.8 Å². The fourth-order valence-corrected chi connectivity index (χ4v) is 3.69. The number of rotatable bonds is 9. The van der Waals surface area contributed by atoms with E-state index in [-0.39, 0.29) is 24.0 Å². The molecule has 0 aliphatic heterocycles. The average Bonchev–Trinajstić information content (AvgIpc) is 3.33. The number of nitrogens with one attached hydrogen (secondary N) is 3. The molecular formula is C20H33N7OS. The average molecular weight is 420 g/mol. The van der Waals surface area contributed by atoms with Gasteiger partial charge in [-0.2, -0.15) is 0 Å². The van der Waals surface area contributed by atoms with Crippen LogP contribution in [0.3, 0.4) is 0 Å². The molecule has 160 valence electrons. The van der Waals surface area contributed by atoms with Gasteiger partial charge in [-0.3, -0.25) is 4.79 Å². The van der Waals surface area contributed by atoms with Crippen molar-refractivity contribution in [2.45, 2.75) is 65.6 Å². The van der Waals surface area contributed by atoms with Crippen LogP contribution in [0.5, 0.6) is 0 Å². The third-order valence-corrected chi connectivity index (χ3v) is 5.14. The lowest BCUT2D eigenvalue weighted by molar-refractivity contribution is -0.121. The summed E-state index contributed by atoms with van der Waals surface area (Å²) in [5.74, 6) is 1.48. The number of aliphatic imine (C=N–C) groups is 1. The summed E-state index contributed by atoms with van der Waals surface area (Å²) in [5, 5.41) is 19.9. The first-order chi connectivity index (χ1) is 13.8. The zero-order valence-electron chi connectivity index (χ0n) is 18.0. The number of amides is 1. The summed E-state index contributed by atoms with van der Waals surface area (Å²) in [6, 6.07) is 4.30. The van der Waals surface area contributed by atoms with Crippen LogP contribution in [0.25, 0.3) is 0 Å². The minimum Gasteiger partial charge on any atom is -0.355 e. The zero-order chi connectivity index (χ0) is 21.3. The van der Waals surface area contributed by atoms with Gasteiger partial charge in [0.05, 0.1) is 6.04 Å². The Balaban J connectivity index is 2.03. The largest absolute Gasteiger partial charge is 0.355 e. The van der Waals surface area contributed by atoms with Crippen molar-refractivity contribution in [1.29, 1.82) is 0 Å². The molecule has 0 radical (unpaired) electrons. The van der Waals surface area contributed by atoms with E-state index in [1.807, 2.05) is 31.4 Å². The summed E-state index contributed by atoms with van der Waals surface area (Å²) in [7, 11) is 0. The number of thiophene rings is 1. The molecule has 0 spiro atoms. The molecule has 1 unspecified atom stereocenters. The lowest BCUT2D eigenvalue weighted by atomic mass is 10.1. The second-order valence-electron chi connectivity index (χ2n) is 7.80. The highest BCUT2D eigenvalue weighted by atomic mass is 32.1. The zero-order valence-corrected chi connectivity index (χ0v) is 18.8. The van der Waals surface area contributed by atoms with Crippen LogP contribution in [0.4, 0.5) is 0 Å². The van der Waals surface area contributed by atoms with E-state index >= 15 is 0 Å². The van der Waals surface area contributed by atoms with Crippen molar-refractivity contribution in [3.63, 3.8) is 0 Å². The molecule has 1 amide bonds. The normalized spacial score (nSPS) is 13.2. The van der Waals surface area contributed by atoms with Gasteiger partial charge in [-0.15, -0.1) is 21.5 Å². The van der Waals surface area contributed by atoms with E-state index < -0.39 is 0 Å². The number of hydrogen-bond donors (Lipinski definition) is 3. The van der Waals surface area contributed by atoms with Gasteiger partial charge >= 0.3 is 0 Å². The lowest BCUT2D eigenvalue weighted by Crippen LogP contribution is -2.44. The summed E-state index contributed by atoms with van der Waals surface area (Å²) >= 11 is 1.71. The number of aryl methyl sites for hydroxylation is 1. The molecule has 0 bridgehead atoms. The minimum atomic E-state index is -0.276. The summed E-state index contributed by atoms with van der Waals surface area (Å²) in [5.41, 5.74) is -0.276. The van der Waals surface area contributed by atoms with E-state index in [4.69, 9.17) is 0 Å². The number of guanidine groups is 1. The van der Waals surface area contributed by atoms with E-state index in [9.17, 15) is 4.79 Å². The van der Waals surface area contributed by atoms with Crippen molar-refractivity contribution in [1.82, 2.24) is 30.7 Å². The fraction of sp³-hybridized carbons (Fsp3) is 0.600. The highest BCUT2D eigenvalue weighted by molar-refractivity contribution is 7.10. The van der Waals surface area contributed by atoms with Gasteiger partial charge in [0.25, 0.3) is 0 Å². The Labute approximate surface area is 177 Å². The molecule has 2 aromatic rings. The van der Waals surface area contributed by atoms with Gasteiger partial charge in [0, 0.05) is 29.9 Å². The van der Waals surface area contributed by atoms with Gasteiger partial charge in [0.15, 0.2) is 5.96 Å². The fourth-order valence-electron chi connectivity index (χ4n) is 2.82. The van der Waals surface area contributed by atoms with Gasteiger partial charge in [-0.05, 0) is 38.6 Å². The van der Waals surface area contributed by atoms with Gasteiger partial charge in [0.2, 0.25) is 5.91 Å². The molecule has 9 heteroatoms. The van der Waals surface area contributed by atoms with Gasteiger partial charge < -0.3 is 20.5 Å². The first-order valence-electron chi connectivity index (χ1n) is 10.1. The van der Waals surface area contributed by atoms with E-state index in [0.717, 1.165) is 25.2 Å². The van der Waals surface area contributed by atoms with Crippen LogP contribution < -0.4 is 16.0 Å². The highest BCUT2D eigenvalue weighted by Gasteiger charge is 2.15. The second-order valence-corrected chi connectivity index (χ2v) is 8.78. The number of hydrogen-bond acceptors (Lipinski definition) is 5. The number of carbonyl (C=O) groups is 1. The molecule has 2 heterocycles. The molecule has 3 N–H and O–H groups in total. The third kappa shape index (κ3) is 7.84. The third-order valence-electron chi connectivity index (χ3n) is 4.16. The monoisotopic (exact) mass is 419 g/mol. The molecular weight excluding hydrogens is 386 g/mol. The van der Waals surface area contributed by atoms with Gasteiger partial charge in [-0.1, -0.05) is 19.9 Å². The van der Waals surface area contributed by atoms with Crippen LogP contribution in [-0.4, -0.2) is 45.3 Å². The predicted molar refractivity (Wildman–Crippen MR) is 118 cm³/mol. The van der Waals surface area contributed by atoms with Crippen LogP contribution in [0.2, 0.25) is 0 Å². The second kappa shape index (κ2) is 10.9. The number of aromatic nitrogens is 3. The van der Waals surface area contributed by atoms with Crippen molar-refractivity contribution in [3.8, 4) is 0 Å². The summed E-state index contributed by atoms with van der Waals surface area (Å²) in [6.07, 6.45) is 3.49. The van der Waals surface area contributed by atoms with Crippen LogP contribution in [-0.2, 0) is 17.8 Å². The SMILES string of the molecule is CCc1nncn1CCNC(=NCC(=O)NC(C)(C)C)NC(CC)c1cccs1. The Morgan fingerprint density at radius 1 is 1.34 bits per heavy atom. The molecule has 2 aromatic heterocycles. The molecule has 0 aliphatic rings. The Bertz CT molecular complexity index is 777. The number of carbonyl (C=O) groups excluding carboxylic acids is 1. The van der Waals surface area contributed by atoms with E-state index in [2.05, 4.69) is 56.4 Å². The highest BCUT2D eigenvalue weighted by Crippen LogP contribution is 2.21. The molecule has 1 atom stereocenters. The molecule has 2 rings (SSSR count). The lowest BCUT2D eigenvalue weighted by Gasteiger charge is -2.21. The Morgan fingerprint density at radius 2 is 2.14 bits per heavy atom. The van der Waals surface area contributed by atoms with E-state index in [0.29, 0.717) is 12.5 Å². The van der Waals surface area contributed by atoms with E-state index in [1.54, 1.807) is 17.7 Å². The number of nitrogens with zero attached hydrogens (tertiary/aromatic N) is 4.